The molecule has 0 aliphatic heterocycles. The van der Waals surface area contributed by atoms with Gasteiger partial charge in [0.1, 0.15) is 11.9 Å². The van der Waals surface area contributed by atoms with Crippen molar-refractivity contribution in [2.75, 3.05) is 12.8 Å². The molecule has 0 spiro atoms. The number of hydrogen-bond donors (Lipinski definition) is 2. The van der Waals surface area contributed by atoms with Gasteiger partial charge in [-0.3, -0.25) is 0 Å². The van der Waals surface area contributed by atoms with E-state index in [1.54, 1.807) is 19.2 Å². The predicted octanol–water partition coefficient (Wildman–Crippen LogP) is 1.73. The molecule has 90 valence electrons. The predicted molar refractivity (Wildman–Crippen MR) is 61.2 cm³/mol. The van der Waals surface area contributed by atoms with Crippen LogP contribution < -0.4 is 5.73 Å². The molecule has 0 amide bonds. The second-order valence-corrected chi connectivity index (χ2v) is 3.61. The van der Waals surface area contributed by atoms with Gasteiger partial charge in [-0.1, -0.05) is 5.16 Å². The van der Waals surface area contributed by atoms with Crippen molar-refractivity contribution in [2.24, 2.45) is 0 Å². The fourth-order valence-corrected chi connectivity index (χ4v) is 1.30. The molecule has 0 fully saturated rings. The van der Waals surface area contributed by atoms with Gasteiger partial charge in [0, 0.05) is 12.7 Å². The van der Waals surface area contributed by atoms with Crippen LogP contribution in [-0.4, -0.2) is 22.4 Å². The van der Waals surface area contributed by atoms with Gasteiger partial charge in [0.25, 0.3) is 5.89 Å². The molecule has 2 rings (SSSR count). The molecule has 0 saturated carbocycles. The van der Waals surface area contributed by atoms with Gasteiger partial charge in [0.2, 0.25) is 5.82 Å². The zero-order valence-corrected chi connectivity index (χ0v) is 9.54. The molecular weight excluding hydrogens is 222 g/mol. The second-order valence-electron chi connectivity index (χ2n) is 3.61. The number of phenolic OH excluding ortho intramolecular Hbond substituents is 1. The molecule has 6 nitrogen and oxygen atoms in total. The van der Waals surface area contributed by atoms with E-state index in [0.29, 0.717) is 23.0 Å². The minimum atomic E-state index is -0.241. The highest BCUT2D eigenvalue weighted by Crippen LogP contribution is 2.27. The largest absolute Gasteiger partial charge is 0.506 e. The number of ether oxygens (including phenoxy) is 1. The van der Waals surface area contributed by atoms with Crippen molar-refractivity contribution in [3.63, 3.8) is 0 Å². The van der Waals surface area contributed by atoms with Gasteiger partial charge in [-0.15, -0.1) is 0 Å². The Kier molecular flexibility index (Phi) is 2.97. The number of aromatic nitrogens is 2. The first-order valence-electron chi connectivity index (χ1n) is 5.07. The number of nitrogens with zero attached hydrogens (tertiary/aromatic N) is 2. The van der Waals surface area contributed by atoms with Gasteiger partial charge >= 0.3 is 0 Å². The lowest BCUT2D eigenvalue weighted by Crippen LogP contribution is -1.97. The smallest absolute Gasteiger partial charge is 0.258 e. The van der Waals surface area contributed by atoms with Crippen molar-refractivity contribution in [3.8, 4) is 17.2 Å². The van der Waals surface area contributed by atoms with Gasteiger partial charge in [-0.25, -0.2) is 0 Å². The maximum absolute atomic E-state index is 9.48. The third-order valence-electron chi connectivity index (χ3n) is 2.44. The van der Waals surface area contributed by atoms with Crippen LogP contribution in [0.3, 0.4) is 0 Å². The maximum Gasteiger partial charge on any atom is 0.258 e. The number of benzene rings is 1. The minimum Gasteiger partial charge on any atom is -0.506 e. The molecule has 2 aromatic rings. The minimum absolute atomic E-state index is 0.0120. The number of rotatable bonds is 3. The summed E-state index contributed by atoms with van der Waals surface area (Å²) in [7, 11) is 1.57. The summed E-state index contributed by atoms with van der Waals surface area (Å²) in [6.45, 7) is 1.81. The first-order chi connectivity index (χ1) is 8.11. The van der Waals surface area contributed by atoms with Gasteiger partial charge in [-0.05, 0) is 25.1 Å². The van der Waals surface area contributed by atoms with Crippen LogP contribution in [0.5, 0.6) is 5.75 Å². The SMILES string of the molecule is COC(C)c1noc(-c2ccc(N)c(O)c2)n1. The quantitative estimate of drug-likeness (QED) is 0.621. The van der Waals surface area contributed by atoms with Gasteiger partial charge < -0.3 is 20.1 Å². The molecule has 1 aromatic carbocycles. The summed E-state index contributed by atoms with van der Waals surface area (Å²) in [5.74, 6) is 0.764. The summed E-state index contributed by atoms with van der Waals surface area (Å²) in [6, 6.07) is 4.75. The van der Waals surface area contributed by atoms with Crippen molar-refractivity contribution in [1.82, 2.24) is 10.1 Å². The molecule has 17 heavy (non-hydrogen) atoms. The Balaban J connectivity index is 2.33. The van der Waals surface area contributed by atoms with E-state index in [1.807, 2.05) is 6.92 Å². The Morgan fingerprint density at radius 1 is 1.47 bits per heavy atom. The van der Waals surface area contributed by atoms with Crippen molar-refractivity contribution in [1.29, 1.82) is 0 Å². The number of phenols is 1. The molecule has 1 atom stereocenters. The number of hydrogen-bond acceptors (Lipinski definition) is 6. The topological polar surface area (TPSA) is 94.4 Å². The molecule has 1 heterocycles. The van der Waals surface area contributed by atoms with Gasteiger partial charge in [0.05, 0.1) is 5.69 Å². The number of aromatic hydroxyl groups is 1. The molecule has 6 heteroatoms. The van der Waals surface area contributed by atoms with Crippen LogP contribution in [-0.2, 0) is 4.74 Å². The number of nitrogen functional groups attached to an aromatic ring is 1. The van der Waals surface area contributed by atoms with E-state index < -0.39 is 0 Å². The number of nitrogens with two attached hydrogens (primary N) is 1. The van der Waals surface area contributed by atoms with E-state index >= 15 is 0 Å². The van der Waals surface area contributed by atoms with Crippen LogP contribution in [0.25, 0.3) is 11.5 Å². The zero-order chi connectivity index (χ0) is 12.4. The van der Waals surface area contributed by atoms with E-state index in [9.17, 15) is 5.11 Å². The maximum atomic E-state index is 9.48. The average Bonchev–Trinajstić information content (AvgIpc) is 2.81. The highest BCUT2D eigenvalue weighted by atomic mass is 16.5. The fraction of sp³-hybridized carbons (Fsp3) is 0.273. The Morgan fingerprint density at radius 3 is 2.88 bits per heavy atom. The van der Waals surface area contributed by atoms with E-state index in [1.165, 1.54) is 6.07 Å². The van der Waals surface area contributed by atoms with Crippen LogP contribution >= 0.6 is 0 Å². The summed E-state index contributed by atoms with van der Waals surface area (Å²) in [4.78, 5) is 4.17. The monoisotopic (exact) mass is 235 g/mol. The summed E-state index contributed by atoms with van der Waals surface area (Å²) in [6.07, 6.45) is -0.241. The van der Waals surface area contributed by atoms with Crippen LogP contribution in [0, 0.1) is 0 Å². The van der Waals surface area contributed by atoms with E-state index in [0.717, 1.165) is 0 Å². The zero-order valence-electron chi connectivity index (χ0n) is 9.54. The molecule has 0 radical (unpaired) electrons. The van der Waals surface area contributed by atoms with Crippen molar-refractivity contribution in [3.05, 3.63) is 24.0 Å². The van der Waals surface area contributed by atoms with Crippen molar-refractivity contribution in [2.45, 2.75) is 13.0 Å². The van der Waals surface area contributed by atoms with E-state index in [4.69, 9.17) is 15.0 Å². The lowest BCUT2D eigenvalue weighted by molar-refractivity contribution is 0.109. The molecule has 0 aliphatic carbocycles. The molecule has 1 unspecified atom stereocenters. The van der Waals surface area contributed by atoms with Crippen molar-refractivity contribution >= 4 is 5.69 Å². The third kappa shape index (κ3) is 2.21. The summed E-state index contributed by atoms with van der Waals surface area (Å²) < 4.78 is 10.1. The van der Waals surface area contributed by atoms with Crippen LogP contribution in [0.15, 0.2) is 22.7 Å². The van der Waals surface area contributed by atoms with Crippen LogP contribution in [0.1, 0.15) is 18.9 Å². The van der Waals surface area contributed by atoms with Crippen LogP contribution in [0.4, 0.5) is 5.69 Å². The Morgan fingerprint density at radius 2 is 2.24 bits per heavy atom. The molecule has 0 bridgehead atoms. The van der Waals surface area contributed by atoms with Crippen molar-refractivity contribution < 1.29 is 14.4 Å². The lowest BCUT2D eigenvalue weighted by Gasteiger charge is -2.01. The molecule has 1 aromatic heterocycles. The molecule has 0 saturated heterocycles. The summed E-state index contributed by atoms with van der Waals surface area (Å²) in [5, 5.41) is 13.3. The lowest BCUT2D eigenvalue weighted by atomic mass is 10.2. The Hall–Kier alpha value is -2.08. The highest BCUT2D eigenvalue weighted by molar-refractivity contribution is 5.63. The number of anilines is 1. The standard InChI is InChI=1S/C11H13N3O3/c1-6(16-2)10-13-11(17-14-10)7-3-4-8(12)9(15)5-7/h3-6,15H,12H2,1-2H3. The summed E-state index contributed by atoms with van der Waals surface area (Å²) >= 11 is 0. The van der Waals surface area contributed by atoms with E-state index in [2.05, 4.69) is 10.1 Å². The molecular formula is C11H13N3O3. The Bertz CT molecular complexity index is 524. The first-order valence-corrected chi connectivity index (χ1v) is 5.07. The molecule has 3 N–H and O–H groups in total. The number of methoxy groups -OCH3 is 1. The summed E-state index contributed by atoms with van der Waals surface area (Å²) in [5.41, 5.74) is 6.42. The Labute approximate surface area is 98.0 Å². The average molecular weight is 235 g/mol. The van der Waals surface area contributed by atoms with E-state index in [-0.39, 0.29) is 11.9 Å². The van der Waals surface area contributed by atoms with Gasteiger partial charge in [0.15, 0.2) is 0 Å². The second kappa shape index (κ2) is 4.42. The highest BCUT2D eigenvalue weighted by Gasteiger charge is 2.14. The first kappa shape index (κ1) is 11.4. The normalized spacial score (nSPS) is 12.6. The third-order valence-corrected chi connectivity index (χ3v) is 2.44. The fourth-order valence-electron chi connectivity index (χ4n) is 1.30. The molecule has 0 aliphatic rings. The van der Waals surface area contributed by atoms with Gasteiger partial charge in [-0.2, -0.15) is 4.98 Å². The van der Waals surface area contributed by atoms with Crippen LogP contribution in [0.2, 0.25) is 0 Å².